The van der Waals surface area contributed by atoms with E-state index in [9.17, 15) is 4.79 Å². The summed E-state index contributed by atoms with van der Waals surface area (Å²) in [6.07, 6.45) is 2.23. The Morgan fingerprint density at radius 1 is 1.47 bits per heavy atom. The maximum absolute atomic E-state index is 11.4. The Labute approximate surface area is 124 Å². The third-order valence-corrected chi connectivity index (χ3v) is 3.54. The van der Waals surface area contributed by atoms with Crippen molar-refractivity contribution in [3.8, 4) is 0 Å². The predicted molar refractivity (Wildman–Crippen MR) is 79.4 cm³/mol. The molecule has 6 heteroatoms. The van der Waals surface area contributed by atoms with Crippen molar-refractivity contribution in [2.75, 3.05) is 5.32 Å². The van der Waals surface area contributed by atoms with E-state index in [1.807, 2.05) is 30.5 Å². The van der Waals surface area contributed by atoms with Crippen LogP contribution in [0.3, 0.4) is 0 Å². The summed E-state index contributed by atoms with van der Waals surface area (Å²) in [4.78, 5) is 11.4. The highest BCUT2D eigenvalue weighted by Crippen LogP contribution is 2.22. The standard InChI is InChI=1S/C13H13BrClN3O/c1-2-12(19)16-13-10(14)8-18(17-13)7-9-5-3-4-6-11(9)15/h3-6,8H,2,7H2,1H3,(H,16,17,19). The van der Waals surface area contributed by atoms with Gasteiger partial charge in [0.15, 0.2) is 5.82 Å². The summed E-state index contributed by atoms with van der Waals surface area (Å²) < 4.78 is 2.48. The first-order valence-corrected chi connectivity index (χ1v) is 7.03. The molecule has 2 aromatic rings. The fraction of sp³-hybridized carbons (Fsp3) is 0.231. The molecule has 0 spiro atoms. The number of nitrogens with one attached hydrogen (secondary N) is 1. The fourth-order valence-corrected chi connectivity index (χ4v) is 2.19. The zero-order chi connectivity index (χ0) is 13.8. The van der Waals surface area contributed by atoms with E-state index in [1.54, 1.807) is 11.6 Å². The normalized spacial score (nSPS) is 10.5. The van der Waals surface area contributed by atoms with E-state index < -0.39 is 0 Å². The second kappa shape index (κ2) is 6.21. The van der Waals surface area contributed by atoms with Crippen LogP contribution in [-0.2, 0) is 11.3 Å². The summed E-state index contributed by atoms with van der Waals surface area (Å²) in [5.41, 5.74) is 0.979. The molecule has 0 saturated carbocycles. The van der Waals surface area contributed by atoms with E-state index in [0.717, 1.165) is 10.0 Å². The van der Waals surface area contributed by atoms with Crippen LogP contribution in [0.15, 0.2) is 34.9 Å². The Hall–Kier alpha value is -1.33. The third kappa shape index (κ3) is 3.58. The van der Waals surface area contributed by atoms with Crippen LogP contribution in [0, 0.1) is 0 Å². The van der Waals surface area contributed by atoms with Gasteiger partial charge in [-0.05, 0) is 27.6 Å². The van der Waals surface area contributed by atoms with Crippen molar-refractivity contribution in [1.82, 2.24) is 9.78 Å². The Morgan fingerprint density at radius 2 is 2.21 bits per heavy atom. The van der Waals surface area contributed by atoms with E-state index in [2.05, 4.69) is 26.3 Å². The van der Waals surface area contributed by atoms with Gasteiger partial charge in [-0.3, -0.25) is 9.48 Å². The van der Waals surface area contributed by atoms with Crippen LogP contribution >= 0.6 is 27.5 Å². The molecule has 4 nitrogen and oxygen atoms in total. The molecule has 0 radical (unpaired) electrons. The zero-order valence-electron chi connectivity index (χ0n) is 10.4. The van der Waals surface area contributed by atoms with Gasteiger partial charge in [0.2, 0.25) is 5.91 Å². The van der Waals surface area contributed by atoms with E-state index in [-0.39, 0.29) is 5.91 Å². The van der Waals surface area contributed by atoms with Crippen LogP contribution in [0.2, 0.25) is 5.02 Å². The lowest BCUT2D eigenvalue weighted by Crippen LogP contribution is -2.11. The van der Waals surface area contributed by atoms with Gasteiger partial charge in [-0.15, -0.1) is 0 Å². The quantitative estimate of drug-likeness (QED) is 0.921. The molecule has 0 aliphatic rings. The maximum atomic E-state index is 11.4. The molecule has 1 aromatic carbocycles. The fourth-order valence-electron chi connectivity index (χ4n) is 1.58. The number of halogens is 2. The van der Waals surface area contributed by atoms with Gasteiger partial charge in [-0.2, -0.15) is 5.10 Å². The highest BCUT2D eigenvalue weighted by atomic mass is 79.9. The Morgan fingerprint density at radius 3 is 2.89 bits per heavy atom. The van der Waals surface area contributed by atoms with Crippen molar-refractivity contribution in [2.24, 2.45) is 0 Å². The molecule has 2 rings (SSSR count). The Kier molecular flexibility index (Phi) is 4.61. The number of aromatic nitrogens is 2. The second-order valence-electron chi connectivity index (χ2n) is 4.02. The van der Waals surface area contributed by atoms with E-state index in [1.165, 1.54) is 0 Å². The third-order valence-electron chi connectivity index (χ3n) is 2.59. The SMILES string of the molecule is CCC(=O)Nc1nn(Cc2ccccc2Cl)cc1Br. The van der Waals surface area contributed by atoms with Crippen LogP contribution in [0.4, 0.5) is 5.82 Å². The van der Waals surface area contributed by atoms with Gasteiger partial charge in [-0.1, -0.05) is 36.7 Å². The van der Waals surface area contributed by atoms with Crippen molar-refractivity contribution in [3.05, 3.63) is 45.5 Å². The first-order valence-electron chi connectivity index (χ1n) is 5.86. The molecule has 0 bridgehead atoms. The van der Waals surface area contributed by atoms with Gasteiger partial charge in [0.25, 0.3) is 0 Å². The topological polar surface area (TPSA) is 46.9 Å². The van der Waals surface area contributed by atoms with Crippen molar-refractivity contribution in [2.45, 2.75) is 19.9 Å². The molecule has 0 aliphatic heterocycles. The Balaban J connectivity index is 2.16. The van der Waals surface area contributed by atoms with E-state index in [4.69, 9.17) is 11.6 Å². The lowest BCUT2D eigenvalue weighted by molar-refractivity contribution is -0.115. The molecule has 1 N–H and O–H groups in total. The summed E-state index contributed by atoms with van der Waals surface area (Å²) in [5, 5.41) is 7.75. The van der Waals surface area contributed by atoms with Gasteiger partial charge >= 0.3 is 0 Å². The lowest BCUT2D eigenvalue weighted by atomic mass is 10.2. The summed E-state index contributed by atoms with van der Waals surface area (Å²) in [7, 11) is 0. The number of hydrogen-bond acceptors (Lipinski definition) is 2. The average molecular weight is 343 g/mol. The van der Waals surface area contributed by atoms with Crippen LogP contribution < -0.4 is 5.32 Å². The lowest BCUT2D eigenvalue weighted by Gasteiger charge is -2.04. The summed E-state index contributed by atoms with van der Waals surface area (Å²) in [5.74, 6) is 0.461. The first kappa shape index (κ1) is 14.1. The van der Waals surface area contributed by atoms with Gasteiger partial charge in [0.05, 0.1) is 11.0 Å². The number of rotatable bonds is 4. The number of benzene rings is 1. The van der Waals surface area contributed by atoms with Gasteiger partial charge < -0.3 is 5.32 Å². The minimum absolute atomic E-state index is 0.0660. The van der Waals surface area contributed by atoms with E-state index >= 15 is 0 Å². The highest BCUT2D eigenvalue weighted by molar-refractivity contribution is 9.10. The number of carbonyl (C=O) groups excluding carboxylic acids is 1. The zero-order valence-corrected chi connectivity index (χ0v) is 12.7. The van der Waals surface area contributed by atoms with Crippen LogP contribution in [0.25, 0.3) is 0 Å². The summed E-state index contributed by atoms with van der Waals surface area (Å²) >= 11 is 9.48. The van der Waals surface area contributed by atoms with Crippen molar-refractivity contribution in [3.63, 3.8) is 0 Å². The van der Waals surface area contributed by atoms with Crippen LogP contribution in [0.5, 0.6) is 0 Å². The summed E-state index contributed by atoms with van der Waals surface area (Å²) in [6, 6.07) is 7.61. The molecule has 1 amide bonds. The molecule has 0 saturated heterocycles. The average Bonchev–Trinajstić information content (AvgIpc) is 2.72. The highest BCUT2D eigenvalue weighted by Gasteiger charge is 2.10. The molecule has 0 aliphatic carbocycles. The predicted octanol–water partition coefficient (Wildman–Crippen LogP) is 3.70. The molecular weight excluding hydrogens is 330 g/mol. The number of amides is 1. The minimum atomic E-state index is -0.0660. The van der Waals surface area contributed by atoms with Crippen molar-refractivity contribution >= 4 is 39.3 Å². The van der Waals surface area contributed by atoms with Crippen molar-refractivity contribution in [1.29, 1.82) is 0 Å². The number of nitrogens with zero attached hydrogens (tertiary/aromatic N) is 2. The number of carbonyl (C=O) groups is 1. The van der Waals surface area contributed by atoms with Crippen LogP contribution in [0.1, 0.15) is 18.9 Å². The molecule has 1 heterocycles. The largest absolute Gasteiger partial charge is 0.308 e. The monoisotopic (exact) mass is 341 g/mol. The molecule has 0 unspecified atom stereocenters. The molecule has 19 heavy (non-hydrogen) atoms. The summed E-state index contributed by atoms with van der Waals surface area (Å²) in [6.45, 7) is 2.35. The van der Waals surface area contributed by atoms with Gasteiger partial charge in [0.1, 0.15) is 0 Å². The van der Waals surface area contributed by atoms with Gasteiger partial charge in [-0.25, -0.2) is 0 Å². The Bertz CT molecular complexity index is 597. The van der Waals surface area contributed by atoms with Crippen LogP contribution in [-0.4, -0.2) is 15.7 Å². The van der Waals surface area contributed by atoms with Crippen molar-refractivity contribution < 1.29 is 4.79 Å². The maximum Gasteiger partial charge on any atom is 0.225 e. The second-order valence-corrected chi connectivity index (χ2v) is 5.28. The van der Waals surface area contributed by atoms with E-state index in [0.29, 0.717) is 23.8 Å². The molecule has 100 valence electrons. The number of anilines is 1. The molecule has 0 atom stereocenters. The first-order chi connectivity index (χ1) is 9.10. The molecular formula is C13H13BrClN3O. The smallest absolute Gasteiger partial charge is 0.225 e. The minimum Gasteiger partial charge on any atom is -0.308 e. The molecule has 1 aromatic heterocycles. The number of hydrogen-bond donors (Lipinski definition) is 1. The van der Waals surface area contributed by atoms with Gasteiger partial charge in [0, 0.05) is 17.6 Å². The molecule has 0 fully saturated rings.